The summed E-state index contributed by atoms with van der Waals surface area (Å²) in [4.78, 5) is 0. The minimum Gasteiger partial charge on any atom is -0.309 e. The topological polar surface area (TPSA) is 57.4 Å². The van der Waals surface area contributed by atoms with Crippen LogP contribution in [0.5, 0.6) is 0 Å². The Kier molecular flexibility index (Phi) is 6.78. The van der Waals surface area contributed by atoms with Crippen molar-refractivity contribution in [3.63, 3.8) is 0 Å². The summed E-state index contributed by atoms with van der Waals surface area (Å²) in [7, 11) is 0. The van der Waals surface area contributed by atoms with Crippen LogP contribution in [0.2, 0.25) is 0 Å². The van der Waals surface area contributed by atoms with Gasteiger partial charge in [0, 0.05) is 48.6 Å². The van der Waals surface area contributed by atoms with Gasteiger partial charge in [0.2, 0.25) is 0 Å². The zero-order valence-electron chi connectivity index (χ0n) is 27.2. The van der Waals surface area contributed by atoms with Crippen molar-refractivity contribution in [1.82, 2.24) is 9.13 Å². The molecule has 0 atom stereocenters. The molecule has 9 rings (SSSR count). The lowest BCUT2D eigenvalue weighted by Crippen LogP contribution is -1.99. The lowest BCUT2D eigenvalue weighted by Gasteiger charge is -2.16. The average molecular weight is 657 g/mol. The van der Waals surface area contributed by atoms with E-state index in [9.17, 15) is 10.5 Å². The molecule has 0 spiro atoms. The number of fused-ring (bicyclic) bond motifs is 8. The average Bonchev–Trinajstić information content (AvgIpc) is 3.80. The van der Waals surface area contributed by atoms with Gasteiger partial charge in [-0.25, -0.2) is 0 Å². The number of nitriles is 2. The number of allylic oxidation sites excluding steroid dienone is 2. The standard InChI is InChI=1S/C45H28N4S/c1-3-4-15-38-28(2)33-20-21-35-37-25-30(19-23-42(37)50-45(35)44(33)48(38)32-12-6-5-7-13-32)43-31(27-47)11-10-17-41(43)49-39-16-9-8-14-34(39)36-24-29(26-46)18-22-40(36)49/h3-25H,1H2,2H3/b15-4-. The molecule has 6 aromatic carbocycles. The molecule has 0 saturated heterocycles. The number of thiophene rings is 1. The third kappa shape index (κ3) is 4.28. The van der Waals surface area contributed by atoms with Gasteiger partial charge in [-0.2, -0.15) is 10.5 Å². The van der Waals surface area contributed by atoms with Gasteiger partial charge in [0.1, 0.15) is 0 Å². The van der Waals surface area contributed by atoms with Crippen LogP contribution in [0.3, 0.4) is 0 Å². The van der Waals surface area contributed by atoms with E-state index in [1.165, 1.54) is 31.3 Å². The van der Waals surface area contributed by atoms with Crippen molar-refractivity contribution in [1.29, 1.82) is 10.5 Å². The quantitative estimate of drug-likeness (QED) is 0.173. The molecule has 0 saturated carbocycles. The summed E-state index contributed by atoms with van der Waals surface area (Å²) in [6.07, 6.45) is 5.96. The van der Waals surface area contributed by atoms with E-state index >= 15 is 0 Å². The molecule has 0 aliphatic rings. The van der Waals surface area contributed by atoms with Crippen molar-refractivity contribution in [2.24, 2.45) is 0 Å². The Labute approximate surface area is 292 Å². The van der Waals surface area contributed by atoms with Crippen LogP contribution in [0.1, 0.15) is 22.4 Å². The molecule has 5 heteroatoms. The fraction of sp³-hybridized carbons (Fsp3) is 0.0222. The summed E-state index contributed by atoms with van der Waals surface area (Å²) in [5.41, 5.74) is 10.7. The molecule has 0 aliphatic heterocycles. The summed E-state index contributed by atoms with van der Waals surface area (Å²) in [5, 5.41) is 25.8. The van der Waals surface area contributed by atoms with Crippen molar-refractivity contribution in [2.45, 2.75) is 6.92 Å². The van der Waals surface area contributed by atoms with Gasteiger partial charge < -0.3 is 9.13 Å². The highest BCUT2D eigenvalue weighted by atomic mass is 32.1. The fourth-order valence-corrected chi connectivity index (χ4v) is 8.78. The molecule has 0 bridgehead atoms. The summed E-state index contributed by atoms with van der Waals surface area (Å²) < 4.78 is 7.01. The van der Waals surface area contributed by atoms with Crippen LogP contribution in [0.4, 0.5) is 0 Å². The SMILES string of the molecule is C=C/C=C\c1c(C)c2ccc3c4cc(-c5c(C#N)cccc5-n5c6ccccc6c6cc(C#N)ccc65)ccc4sc3c2n1-c1ccccc1. The molecule has 4 nitrogen and oxygen atoms in total. The highest BCUT2D eigenvalue weighted by molar-refractivity contribution is 7.26. The molecular formula is C45H28N4S. The molecule has 0 aliphatic carbocycles. The minimum absolute atomic E-state index is 0.607. The van der Waals surface area contributed by atoms with Gasteiger partial charge in [0.15, 0.2) is 0 Å². The van der Waals surface area contributed by atoms with E-state index in [1.807, 2.05) is 72.0 Å². The minimum atomic E-state index is 0.607. The van der Waals surface area contributed by atoms with Crippen molar-refractivity contribution >= 4 is 70.3 Å². The number of hydrogen-bond donors (Lipinski definition) is 0. The molecule has 3 heterocycles. The van der Waals surface area contributed by atoms with Gasteiger partial charge in [-0.05, 0) is 84.8 Å². The van der Waals surface area contributed by atoms with Gasteiger partial charge in [-0.15, -0.1) is 11.3 Å². The number of para-hydroxylation sites is 2. The molecule has 0 fully saturated rings. The zero-order valence-corrected chi connectivity index (χ0v) is 28.0. The molecule has 0 unspecified atom stereocenters. The van der Waals surface area contributed by atoms with Crippen molar-refractivity contribution < 1.29 is 0 Å². The predicted molar refractivity (Wildman–Crippen MR) is 209 cm³/mol. The zero-order chi connectivity index (χ0) is 33.9. The first-order valence-electron chi connectivity index (χ1n) is 16.4. The third-order valence-corrected chi connectivity index (χ3v) is 11.0. The molecule has 9 aromatic rings. The maximum absolute atomic E-state index is 10.5. The molecule has 0 radical (unpaired) electrons. The predicted octanol–water partition coefficient (Wildman–Crippen LogP) is 12.0. The molecule has 234 valence electrons. The van der Waals surface area contributed by atoms with Crippen LogP contribution in [-0.4, -0.2) is 9.13 Å². The highest BCUT2D eigenvalue weighted by Crippen LogP contribution is 2.45. The van der Waals surface area contributed by atoms with E-state index in [0.29, 0.717) is 11.1 Å². The Bertz CT molecular complexity index is 2970. The van der Waals surface area contributed by atoms with E-state index in [2.05, 4.69) is 114 Å². The molecule has 0 amide bonds. The number of aryl methyl sites for hydroxylation is 1. The van der Waals surface area contributed by atoms with Gasteiger partial charge in [-0.1, -0.05) is 79.4 Å². The summed E-state index contributed by atoms with van der Waals surface area (Å²) in [5.74, 6) is 0. The van der Waals surface area contributed by atoms with Crippen LogP contribution in [0.15, 0.2) is 140 Å². The Morgan fingerprint density at radius 3 is 2.30 bits per heavy atom. The van der Waals surface area contributed by atoms with Gasteiger partial charge in [0.25, 0.3) is 0 Å². The van der Waals surface area contributed by atoms with Crippen LogP contribution in [-0.2, 0) is 0 Å². The van der Waals surface area contributed by atoms with E-state index in [-0.39, 0.29) is 0 Å². The number of rotatable bonds is 5. The van der Waals surface area contributed by atoms with Gasteiger partial charge in [-0.3, -0.25) is 0 Å². The Morgan fingerprint density at radius 1 is 0.680 bits per heavy atom. The number of hydrogen-bond acceptors (Lipinski definition) is 3. The Morgan fingerprint density at radius 2 is 1.48 bits per heavy atom. The van der Waals surface area contributed by atoms with Crippen LogP contribution in [0.25, 0.3) is 81.5 Å². The van der Waals surface area contributed by atoms with E-state index in [1.54, 1.807) is 0 Å². The first kappa shape index (κ1) is 29.5. The molecular weight excluding hydrogens is 629 g/mol. The van der Waals surface area contributed by atoms with E-state index in [0.717, 1.165) is 55.4 Å². The maximum atomic E-state index is 10.5. The summed E-state index contributed by atoms with van der Waals surface area (Å²) in [6.45, 7) is 6.11. The number of benzene rings is 6. The smallest absolute Gasteiger partial charge is 0.0998 e. The second-order valence-corrected chi connectivity index (χ2v) is 13.5. The summed E-state index contributed by atoms with van der Waals surface area (Å²) >= 11 is 1.81. The van der Waals surface area contributed by atoms with Gasteiger partial charge >= 0.3 is 0 Å². The van der Waals surface area contributed by atoms with Crippen molar-refractivity contribution in [2.75, 3.05) is 0 Å². The Balaban J connectivity index is 1.33. The van der Waals surface area contributed by atoms with Crippen molar-refractivity contribution in [3.8, 4) is 34.6 Å². The largest absolute Gasteiger partial charge is 0.309 e. The van der Waals surface area contributed by atoms with E-state index in [4.69, 9.17) is 0 Å². The number of nitrogens with zero attached hydrogens (tertiary/aromatic N) is 4. The molecule has 3 aromatic heterocycles. The second kappa shape index (κ2) is 11.5. The number of aromatic nitrogens is 2. The molecule has 50 heavy (non-hydrogen) atoms. The van der Waals surface area contributed by atoms with Crippen molar-refractivity contribution in [3.05, 3.63) is 162 Å². The normalized spacial score (nSPS) is 11.7. The highest BCUT2D eigenvalue weighted by Gasteiger charge is 2.22. The third-order valence-electron chi connectivity index (χ3n) is 9.76. The van der Waals surface area contributed by atoms with Crippen LogP contribution < -0.4 is 0 Å². The first-order chi connectivity index (χ1) is 24.6. The lowest BCUT2D eigenvalue weighted by atomic mass is 9.96. The van der Waals surface area contributed by atoms with Gasteiger partial charge in [0.05, 0.1) is 50.2 Å². The molecule has 0 N–H and O–H groups in total. The lowest BCUT2D eigenvalue weighted by molar-refractivity contribution is 1.10. The van der Waals surface area contributed by atoms with Crippen LogP contribution in [0, 0.1) is 29.6 Å². The first-order valence-corrected chi connectivity index (χ1v) is 17.2. The Hall–Kier alpha value is -6.66. The second-order valence-electron chi connectivity index (χ2n) is 12.4. The summed E-state index contributed by atoms with van der Waals surface area (Å²) in [6, 6.07) is 46.5. The van der Waals surface area contributed by atoms with E-state index < -0.39 is 0 Å². The fourth-order valence-electron chi connectivity index (χ4n) is 7.56. The monoisotopic (exact) mass is 656 g/mol. The van der Waals surface area contributed by atoms with Crippen LogP contribution >= 0.6 is 11.3 Å². The maximum Gasteiger partial charge on any atom is 0.0998 e.